The number of nitrogens with zero attached hydrogens (tertiary/aromatic N) is 5. The van der Waals surface area contributed by atoms with Gasteiger partial charge in [0.05, 0.1) is 11.9 Å². The van der Waals surface area contributed by atoms with Crippen LogP contribution in [0.5, 0.6) is 0 Å². The number of rotatable bonds is 5. The van der Waals surface area contributed by atoms with Gasteiger partial charge in [-0.05, 0) is 13.3 Å². The molecule has 0 aliphatic rings. The molecule has 0 unspecified atom stereocenters. The second-order valence-corrected chi connectivity index (χ2v) is 4.69. The van der Waals surface area contributed by atoms with Crippen LogP contribution in [0.1, 0.15) is 12.2 Å². The summed E-state index contributed by atoms with van der Waals surface area (Å²) in [7, 11) is 3.78. The molecule has 19 heavy (non-hydrogen) atoms. The second kappa shape index (κ2) is 5.69. The summed E-state index contributed by atoms with van der Waals surface area (Å²) in [4.78, 5) is 17.9. The van der Waals surface area contributed by atoms with Crippen molar-refractivity contribution >= 4 is 5.69 Å². The van der Waals surface area contributed by atoms with E-state index in [9.17, 15) is 4.79 Å². The van der Waals surface area contributed by atoms with Crippen LogP contribution in [0.15, 0.2) is 29.5 Å². The van der Waals surface area contributed by atoms with Gasteiger partial charge in [0.15, 0.2) is 0 Å². The molecular formula is C13H19N5O. The first-order chi connectivity index (χ1) is 9.08. The summed E-state index contributed by atoms with van der Waals surface area (Å²) in [5.41, 5.74) is 0.764. The van der Waals surface area contributed by atoms with Crippen molar-refractivity contribution < 1.29 is 0 Å². The number of anilines is 1. The molecule has 0 amide bonds. The number of imidazole rings is 1. The summed E-state index contributed by atoms with van der Waals surface area (Å²) in [6.45, 7) is 3.43. The van der Waals surface area contributed by atoms with Crippen molar-refractivity contribution in [3.63, 3.8) is 0 Å². The van der Waals surface area contributed by atoms with E-state index in [0.717, 1.165) is 24.5 Å². The van der Waals surface area contributed by atoms with Gasteiger partial charge in [0.25, 0.3) is 5.56 Å². The Morgan fingerprint density at radius 3 is 2.68 bits per heavy atom. The van der Waals surface area contributed by atoms with Gasteiger partial charge in [-0.3, -0.25) is 4.79 Å². The van der Waals surface area contributed by atoms with Gasteiger partial charge in [-0.1, -0.05) is 0 Å². The Morgan fingerprint density at radius 1 is 1.32 bits per heavy atom. The van der Waals surface area contributed by atoms with E-state index in [4.69, 9.17) is 0 Å². The quantitative estimate of drug-likeness (QED) is 0.802. The number of aryl methyl sites for hydroxylation is 3. The van der Waals surface area contributed by atoms with Crippen molar-refractivity contribution in [2.45, 2.75) is 26.4 Å². The van der Waals surface area contributed by atoms with Crippen LogP contribution in [0.2, 0.25) is 0 Å². The molecular weight excluding hydrogens is 242 g/mol. The van der Waals surface area contributed by atoms with Crippen molar-refractivity contribution in [1.82, 2.24) is 19.3 Å². The first kappa shape index (κ1) is 13.3. The molecule has 6 nitrogen and oxygen atoms in total. The molecule has 0 fully saturated rings. The summed E-state index contributed by atoms with van der Waals surface area (Å²) in [6.07, 6.45) is 6.29. The second-order valence-electron chi connectivity index (χ2n) is 4.69. The summed E-state index contributed by atoms with van der Waals surface area (Å²) < 4.78 is 3.57. The Balaban J connectivity index is 1.97. The molecule has 0 bridgehead atoms. The molecule has 0 N–H and O–H groups in total. The molecule has 2 aromatic heterocycles. The fourth-order valence-electron chi connectivity index (χ4n) is 1.87. The third-order valence-corrected chi connectivity index (χ3v) is 3.06. The van der Waals surface area contributed by atoms with Gasteiger partial charge in [-0.15, -0.1) is 0 Å². The highest BCUT2D eigenvalue weighted by Crippen LogP contribution is 2.04. The highest BCUT2D eigenvalue weighted by Gasteiger charge is 2.02. The Hall–Kier alpha value is -2.11. The zero-order valence-corrected chi connectivity index (χ0v) is 11.6. The lowest BCUT2D eigenvalue weighted by molar-refractivity contribution is 0.502. The topological polar surface area (TPSA) is 56.0 Å². The Labute approximate surface area is 112 Å². The van der Waals surface area contributed by atoms with Crippen molar-refractivity contribution in [3.8, 4) is 0 Å². The highest BCUT2D eigenvalue weighted by atomic mass is 16.1. The van der Waals surface area contributed by atoms with E-state index in [2.05, 4.69) is 14.6 Å². The van der Waals surface area contributed by atoms with Crippen molar-refractivity contribution in [2.75, 3.05) is 19.0 Å². The number of hydrogen-bond acceptors (Lipinski definition) is 4. The molecule has 102 valence electrons. The summed E-state index contributed by atoms with van der Waals surface area (Å²) in [5, 5.41) is 4.18. The standard InChI is InChI=1S/C13H19N5O/c1-11-14-5-8-17(11)6-4-7-18-13(19)9-12(10-15-18)16(2)3/h5,8-10H,4,6-7H2,1-3H3. The maximum Gasteiger partial charge on any atom is 0.268 e. The van der Waals surface area contributed by atoms with Gasteiger partial charge < -0.3 is 9.47 Å². The molecule has 0 aromatic carbocycles. The smallest absolute Gasteiger partial charge is 0.268 e. The van der Waals surface area contributed by atoms with Crippen LogP contribution in [0.25, 0.3) is 0 Å². The normalized spacial score (nSPS) is 10.7. The zero-order valence-electron chi connectivity index (χ0n) is 11.6. The summed E-state index contributed by atoms with van der Waals surface area (Å²) in [6, 6.07) is 1.61. The molecule has 2 heterocycles. The predicted molar refractivity (Wildman–Crippen MR) is 74.4 cm³/mol. The molecule has 0 aliphatic carbocycles. The first-order valence-corrected chi connectivity index (χ1v) is 6.30. The van der Waals surface area contributed by atoms with Gasteiger partial charge in [0.2, 0.25) is 0 Å². The SMILES string of the molecule is Cc1nccn1CCCn1ncc(N(C)C)cc1=O. The van der Waals surface area contributed by atoms with Crippen molar-refractivity contribution in [1.29, 1.82) is 0 Å². The fourth-order valence-corrected chi connectivity index (χ4v) is 1.87. The largest absolute Gasteiger partial charge is 0.376 e. The minimum absolute atomic E-state index is 0.0615. The molecule has 2 rings (SSSR count). The van der Waals surface area contributed by atoms with Crippen LogP contribution >= 0.6 is 0 Å². The Bertz CT molecular complexity index is 599. The van der Waals surface area contributed by atoms with Crippen LogP contribution in [0.4, 0.5) is 5.69 Å². The third-order valence-electron chi connectivity index (χ3n) is 3.06. The van der Waals surface area contributed by atoms with Crippen LogP contribution in [-0.4, -0.2) is 33.4 Å². The average molecular weight is 261 g/mol. The van der Waals surface area contributed by atoms with E-state index in [-0.39, 0.29) is 5.56 Å². The Morgan fingerprint density at radius 2 is 2.11 bits per heavy atom. The minimum Gasteiger partial charge on any atom is -0.376 e. The molecule has 2 aromatic rings. The minimum atomic E-state index is -0.0615. The molecule has 0 spiro atoms. The summed E-state index contributed by atoms with van der Waals surface area (Å²) in [5.74, 6) is 0.989. The zero-order chi connectivity index (χ0) is 13.8. The van der Waals surface area contributed by atoms with E-state index in [1.54, 1.807) is 18.5 Å². The van der Waals surface area contributed by atoms with Crippen LogP contribution in [0, 0.1) is 6.92 Å². The lowest BCUT2D eigenvalue weighted by Gasteiger charge is -2.12. The van der Waals surface area contributed by atoms with E-state index in [1.165, 1.54) is 4.68 Å². The Kier molecular flexibility index (Phi) is 3.99. The van der Waals surface area contributed by atoms with Crippen molar-refractivity contribution in [2.24, 2.45) is 0 Å². The lowest BCUT2D eigenvalue weighted by atomic mass is 10.4. The fraction of sp³-hybridized carbons (Fsp3) is 0.462. The molecule has 0 radical (unpaired) electrons. The maximum atomic E-state index is 11.9. The van der Waals surface area contributed by atoms with E-state index < -0.39 is 0 Å². The average Bonchev–Trinajstić information content (AvgIpc) is 2.77. The van der Waals surface area contributed by atoms with Gasteiger partial charge in [-0.25, -0.2) is 9.67 Å². The number of hydrogen-bond donors (Lipinski definition) is 0. The van der Waals surface area contributed by atoms with Gasteiger partial charge in [0.1, 0.15) is 5.82 Å². The molecule has 0 saturated heterocycles. The van der Waals surface area contributed by atoms with E-state index in [1.807, 2.05) is 32.1 Å². The molecule has 0 saturated carbocycles. The molecule has 6 heteroatoms. The van der Waals surface area contributed by atoms with Crippen LogP contribution in [-0.2, 0) is 13.1 Å². The first-order valence-electron chi connectivity index (χ1n) is 6.30. The molecule has 0 aliphatic heterocycles. The van der Waals surface area contributed by atoms with Crippen LogP contribution < -0.4 is 10.5 Å². The van der Waals surface area contributed by atoms with Gasteiger partial charge in [-0.2, -0.15) is 5.10 Å². The maximum absolute atomic E-state index is 11.9. The third kappa shape index (κ3) is 3.21. The number of aromatic nitrogens is 4. The highest BCUT2D eigenvalue weighted by molar-refractivity contribution is 5.40. The predicted octanol–water partition coefficient (Wildman–Crippen LogP) is 0.905. The molecule has 0 atom stereocenters. The monoisotopic (exact) mass is 261 g/mol. The van der Waals surface area contributed by atoms with Gasteiger partial charge in [0, 0.05) is 45.6 Å². The van der Waals surface area contributed by atoms with E-state index >= 15 is 0 Å². The van der Waals surface area contributed by atoms with Crippen LogP contribution in [0.3, 0.4) is 0 Å². The summed E-state index contributed by atoms with van der Waals surface area (Å²) >= 11 is 0. The van der Waals surface area contributed by atoms with Crippen molar-refractivity contribution in [3.05, 3.63) is 40.8 Å². The van der Waals surface area contributed by atoms with E-state index in [0.29, 0.717) is 6.54 Å². The lowest BCUT2D eigenvalue weighted by Crippen LogP contribution is -2.24. The van der Waals surface area contributed by atoms with Gasteiger partial charge >= 0.3 is 0 Å².